The highest BCUT2D eigenvalue weighted by molar-refractivity contribution is 7.99. The number of ether oxygens (including phenoxy) is 1. The molecule has 1 aromatic heterocycles. The van der Waals surface area contributed by atoms with Gasteiger partial charge in [0.2, 0.25) is 11.1 Å². The summed E-state index contributed by atoms with van der Waals surface area (Å²) in [6.45, 7) is 0.490. The fourth-order valence-electron chi connectivity index (χ4n) is 2.74. The molecule has 1 heterocycles. The number of amides is 1. The zero-order valence-corrected chi connectivity index (χ0v) is 17.2. The molecule has 29 heavy (non-hydrogen) atoms. The van der Waals surface area contributed by atoms with Gasteiger partial charge in [-0.05, 0) is 29.7 Å². The number of nitrogens with two attached hydrogens (primary N) is 1. The van der Waals surface area contributed by atoms with Crippen LogP contribution in [-0.4, -0.2) is 33.6 Å². The van der Waals surface area contributed by atoms with E-state index in [-0.39, 0.29) is 5.91 Å². The van der Waals surface area contributed by atoms with Gasteiger partial charge in [0, 0.05) is 25.1 Å². The van der Waals surface area contributed by atoms with Crippen LogP contribution in [0.3, 0.4) is 0 Å². The fourth-order valence-corrected chi connectivity index (χ4v) is 3.56. The largest absolute Gasteiger partial charge is 0.497 e. The third-order valence-electron chi connectivity index (χ3n) is 4.42. The van der Waals surface area contributed by atoms with E-state index in [0.717, 1.165) is 30.0 Å². The van der Waals surface area contributed by atoms with E-state index < -0.39 is 0 Å². The van der Waals surface area contributed by atoms with Gasteiger partial charge in [0.1, 0.15) is 5.75 Å². The van der Waals surface area contributed by atoms with E-state index in [0.29, 0.717) is 23.9 Å². The number of benzene rings is 2. The summed E-state index contributed by atoms with van der Waals surface area (Å²) in [5, 5.41) is 11.9. The maximum absolute atomic E-state index is 12.1. The molecule has 1 amide bonds. The molecule has 0 radical (unpaired) electrons. The first-order valence-electron chi connectivity index (χ1n) is 9.41. The Morgan fingerprint density at radius 1 is 1.07 bits per heavy atom. The number of carbonyl (C=O) groups is 1. The molecule has 0 atom stereocenters. The molecule has 0 bridgehead atoms. The van der Waals surface area contributed by atoms with Crippen LogP contribution in [0.2, 0.25) is 0 Å². The molecule has 0 unspecified atom stereocenters. The van der Waals surface area contributed by atoms with Crippen LogP contribution in [0.15, 0.2) is 59.8 Å². The maximum Gasteiger partial charge on any atom is 0.221 e. The second-order valence-electron chi connectivity index (χ2n) is 6.48. The van der Waals surface area contributed by atoms with Crippen molar-refractivity contribution in [1.29, 1.82) is 0 Å². The zero-order valence-electron chi connectivity index (χ0n) is 16.4. The van der Waals surface area contributed by atoms with E-state index in [4.69, 9.17) is 10.6 Å². The number of thioether (sulfide) groups is 1. The summed E-state index contributed by atoms with van der Waals surface area (Å²) in [6, 6.07) is 17.8. The quantitative estimate of drug-likeness (QED) is 0.393. The van der Waals surface area contributed by atoms with Gasteiger partial charge in [0.05, 0.1) is 7.11 Å². The predicted octanol–water partition coefficient (Wildman–Crippen LogP) is 2.58. The lowest BCUT2D eigenvalue weighted by Crippen LogP contribution is -2.23. The van der Waals surface area contributed by atoms with E-state index in [9.17, 15) is 4.79 Å². The molecule has 0 saturated carbocycles. The third kappa shape index (κ3) is 6.25. The Bertz CT molecular complexity index is 913. The lowest BCUT2D eigenvalue weighted by Gasteiger charge is -2.07. The molecule has 0 saturated heterocycles. The Balaban J connectivity index is 1.39. The normalized spacial score (nSPS) is 10.7. The Morgan fingerprint density at radius 3 is 2.55 bits per heavy atom. The Hall–Kier alpha value is -3.00. The van der Waals surface area contributed by atoms with Crippen LogP contribution in [0.25, 0.3) is 0 Å². The third-order valence-corrected chi connectivity index (χ3v) is 5.37. The second kappa shape index (κ2) is 10.5. The van der Waals surface area contributed by atoms with Crippen LogP contribution in [0.5, 0.6) is 5.75 Å². The molecule has 8 heteroatoms. The number of rotatable bonds is 10. The van der Waals surface area contributed by atoms with Crippen molar-refractivity contribution in [3.05, 3.63) is 71.5 Å². The van der Waals surface area contributed by atoms with Crippen LogP contribution in [0.4, 0.5) is 0 Å². The molecule has 3 aromatic rings. The molecule has 0 aliphatic rings. The van der Waals surface area contributed by atoms with E-state index in [1.165, 1.54) is 22.0 Å². The molecule has 0 aliphatic heterocycles. The number of aryl methyl sites for hydroxylation is 2. The van der Waals surface area contributed by atoms with Gasteiger partial charge >= 0.3 is 0 Å². The van der Waals surface area contributed by atoms with Gasteiger partial charge in [0.25, 0.3) is 0 Å². The smallest absolute Gasteiger partial charge is 0.221 e. The van der Waals surface area contributed by atoms with Gasteiger partial charge in [-0.2, -0.15) is 0 Å². The van der Waals surface area contributed by atoms with Crippen LogP contribution in [-0.2, 0) is 24.2 Å². The standard InChI is InChI=1S/C21H25N5O2S/c1-28-18-10-7-17(8-11-18)15-23-20(27)13-14-29-21-25-24-19(26(21)22)12-9-16-5-3-2-4-6-16/h2-8,10-11H,9,12-15,22H2,1H3,(H,23,27). The highest BCUT2D eigenvalue weighted by Gasteiger charge is 2.11. The van der Waals surface area contributed by atoms with Crippen molar-refractivity contribution < 1.29 is 9.53 Å². The minimum atomic E-state index is -0.0132. The van der Waals surface area contributed by atoms with Crippen LogP contribution < -0.4 is 15.9 Å². The molecular formula is C21H25N5O2S. The average molecular weight is 412 g/mol. The van der Waals surface area contributed by atoms with Crippen LogP contribution in [0, 0.1) is 0 Å². The minimum absolute atomic E-state index is 0.0132. The lowest BCUT2D eigenvalue weighted by atomic mass is 10.1. The van der Waals surface area contributed by atoms with Crippen molar-refractivity contribution in [2.45, 2.75) is 31.0 Å². The van der Waals surface area contributed by atoms with E-state index in [1.807, 2.05) is 42.5 Å². The summed E-state index contributed by atoms with van der Waals surface area (Å²) in [6.07, 6.45) is 1.96. The van der Waals surface area contributed by atoms with Crippen molar-refractivity contribution in [2.75, 3.05) is 18.7 Å². The first-order valence-corrected chi connectivity index (χ1v) is 10.4. The summed E-state index contributed by atoms with van der Waals surface area (Å²) in [4.78, 5) is 12.1. The molecule has 3 N–H and O–H groups in total. The zero-order chi connectivity index (χ0) is 20.5. The summed E-state index contributed by atoms with van der Waals surface area (Å²) >= 11 is 1.43. The van der Waals surface area contributed by atoms with Crippen molar-refractivity contribution in [2.24, 2.45) is 0 Å². The molecule has 3 rings (SSSR count). The number of methoxy groups -OCH3 is 1. The number of aromatic nitrogens is 3. The number of hydrogen-bond acceptors (Lipinski definition) is 6. The van der Waals surface area contributed by atoms with Crippen molar-refractivity contribution >= 4 is 17.7 Å². The Labute approximate surface area is 174 Å². The number of nitrogens with zero attached hydrogens (tertiary/aromatic N) is 3. The Morgan fingerprint density at radius 2 is 1.83 bits per heavy atom. The summed E-state index contributed by atoms with van der Waals surface area (Å²) < 4.78 is 6.64. The molecule has 7 nitrogen and oxygen atoms in total. The highest BCUT2D eigenvalue weighted by atomic mass is 32.2. The molecule has 2 aromatic carbocycles. The van der Waals surface area contributed by atoms with E-state index >= 15 is 0 Å². The highest BCUT2D eigenvalue weighted by Crippen LogP contribution is 2.16. The van der Waals surface area contributed by atoms with Crippen molar-refractivity contribution in [3.8, 4) is 5.75 Å². The Kier molecular flexibility index (Phi) is 7.52. The monoisotopic (exact) mass is 411 g/mol. The van der Waals surface area contributed by atoms with Crippen LogP contribution in [0.1, 0.15) is 23.4 Å². The molecular weight excluding hydrogens is 386 g/mol. The minimum Gasteiger partial charge on any atom is -0.497 e. The fraction of sp³-hybridized carbons (Fsp3) is 0.286. The molecule has 152 valence electrons. The van der Waals surface area contributed by atoms with Gasteiger partial charge in [-0.3, -0.25) is 4.79 Å². The van der Waals surface area contributed by atoms with Crippen molar-refractivity contribution in [1.82, 2.24) is 20.2 Å². The lowest BCUT2D eigenvalue weighted by molar-refractivity contribution is -0.120. The van der Waals surface area contributed by atoms with E-state index in [2.05, 4.69) is 27.6 Å². The van der Waals surface area contributed by atoms with Gasteiger partial charge in [-0.1, -0.05) is 54.2 Å². The number of carbonyl (C=O) groups excluding carboxylic acids is 1. The summed E-state index contributed by atoms with van der Waals surface area (Å²) in [5.41, 5.74) is 2.26. The van der Waals surface area contributed by atoms with Gasteiger partial charge in [0.15, 0.2) is 5.82 Å². The summed E-state index contributed by atoms with van der Waals surface area (Å²) in [7, 11) is 1.63. The topological polar surface area (TPSA) is 95.1 Å². The second-order valence-corrected chi connectivity index (χ2v) is 7.54. The molecule has 0 fully saturated rings. The maximum atomic E-state index is 12.1. The summed E-state index contributed by atoms with van der Waals surface area (Å²) in [5.74, 6) is 8.21. The first-order chi connectivity index (χ1) is 14.2. The number of nitrogens with one attached hydrogen (secondary N) is 1. The van der Waals surface area contributed by atoms with Gasteiger partial charge in [-0.15, -0.1) is 10.2 Å². The van der Waals surface area contributed by atoms with Gasteiger partial charge < -0.3 is 15.9 Å². The molecule has 0 aliphatic carbocycles. The van der Waals surface area contributed by atoms with Crippen LogP contribution >= 0.6 is 11.8 Å². The SMILES string of the molecule is COc1ccc(CNC(=O)CCSc2nnc(CCc3ccccc3)n2N)cc1. The predicted molar refractivity (Wildman–Crippen MR) is 114 cm³/mol. The number of hydrogen-bond donors (Lipinski definition) is 2. The first kappa shape index (κ1) is 20.7. The molecule has 0 spiro atoms. The number of nitrogen functional groups attached to an aromatic ring is 1. The van der Waals surface area contributed by atoms with Gasteiger partial charge in [-0.25, -0.2) is 4.68 Å². The average Bonchev–Trinajstić information content (AvgIpc) is 3.11. The van der Waals surface area contributed by atoms with E-state index in [1.54, 1.807) is 7.11 Å². The van der Waals surface area contributed by atoms with Crippen molar-refractivity contribution in [3.63, 3.8) is 0 Å².